The van der Waals surface area contributed by atoms with E-state index in [-0.39, 0.29) is 5.82 Å². The Kier molecular flexibility index (Phi) is 4.25. The molecule has 0 radical (unpaired) electrons. The van der Waals surface area contributed by atoms with Crippen LogP contribution in [0.15, 0.2) is 42.7 Å². The first-order chi connectivity index (χ1) is 8.78. The quantitative estimate of drug-likeness (QED) is 0.880. The van der Waals surface area contributed by atoms with Gasteiger partial charge in [-0.15, -0.1) is 0 Å². The summed E-state index contributed by atoms with van der Waals surface area (Å²) in [6.07, 6.45) is 4.04. The van der Waals surface area contributed by atoms with Crippen LogP contribution in [0.5, 0.6) is 5.75 Å². The van der Waals surface area contributed by atoms with E-state index in [1.807, 2.05) is 18.2 Å². The van der Waals surface area contributed by atoms with E-state index in [0.29, 0.717) is 25.3 Å². The Balaban J connectivity index is 2.05. The molecule has 0 aliphatic carbocycles. The number of benzene rings is 1. The van der Waals surface area contributed by atoms with Crippen molar-refractivity contribution in [3.63, 3.8) is 0 Å². The summed E-state index contributed by atoms with van der Waals surface area (Å²) in [5, 5.41) is 0. The average molecular weight is 246 g/mol. The van der Waals surface area contributed by atoms with Crippen LogP contribution in [0.4, 0.5) is 4.39 Å². The fourth-order valence-electron chi connectivity index (χ4n) is 1.66. The summed E-state index contributed by atoms with van der Waals surface area (Å²) < 4.78 is 18.9. The number of aromatic nitrogens is 1. The number of hydrogen-bond acceptors (Lipinski definition) is 3. The molecule has 1 aromatic carbocycles. The first kappa shape index (κ1) is 12.5. The number of rotatable bonds is 5. The highest BCUT2D eigenvalue weighted by Gasteiger charge is 2.02. The molecule has 0 bridgehead atoms. The first-order valence-electron chi connectivity index (χ1n) is 5.79. The van der Waals surface area contributed by atoms with Crippen molar-refractivity contribution in [2.75, 3.05) is 6.54 Å². The largest absolute Gasteiger partial charge is 0.489 e. The number of hydrogen-bond donors (Lipinski definition) is 1. The van der Waals surface area contributed by atoms with Crippen LogP contribution in [-0.2, 0) is 13.0 Å². The lowest BCUT2D eigenvalue weighted by molar-refractivity contribution is 0.304. The summed E-state index contributed by atoms with van der Waals surface area (Å²) >= 11 is 0. The Hall–Kier alpha value is -1.94. The maximum atomic E-state index is 13.3. The zero-order valence-corrected chi connectivity index (χ0v) is 9.97. The summed E-state index contributed by atoms with van der Waals surface area (Å²) in [5.41, 5.74) is 7.30. The smallest absolute Gasteiger partial charge is 0.127 e. The van der Waals surface area contributed by atoms with Crippen LogP contribution in [-0.4, -0.2) is 11.5 Å². The number of halogens is 1. The monoisotopic (exact) mass is 246 g/mol. The van der Waals surface area contributed by atoms with Gasteiger partial charge in [0.15, 0.2) is 0 Å². The topological polar surface area (TPSA) is 48.1 Å². The fourth-order valence-corrected chi connectivity index (χ4v) is 1.66. The van der Waals surface area contributed by atoms with E-state index in [1.165, 1.54) is 12.1 Å². The van der Waals surface area contributed by atoms with Gasteiger partial charge >= 0.3 is 0 Å². The van der Waals surface area contributed by atoms with Crippen LogP contribution >= 0.6 is 0 Å². The van der Waals surface area contributed by atoms with E-state index in [0.717, 1.165) is 11.1 Å². The lowest BCUT2D eigenvalue weighted by Gasteiger charge is -2.08. The summed E-state index contributed by atoms with van der Waals surface area (Å²) in [5.74, 6) is 0.223. The zero-order valence-electron chi connectivity index (χ0n) is 9.97. The third-order valence-corrected chi connectivity index (χ3v) is 2.52. The molecule has 0 amide bonds. The van der Waals surface area contributed by atoms with Gasteiger partial charge in [-0.25, -0.2) is 4.39 Å². The standard InChI is InChI=1S/C14H15FN2O/c15-13-7-12(1-4-16)8-14(9-13)18-10-11-2-5-17-6-3-11/h2-3,5-9H,1,4,10,16H2. The van der Waals surface area contributed by atoms with Gasteiger partial charge in [-0.3, -0.25) is 4.98 Å². The van der Waals surface area contributed by atoms with Crippen LogP contribution in [0.25, 0.3) is 0 Å². The van der Waals surface area contributed by atoms with Gasteiger partial charge in [-0.2, -0.15) is 0 Å². The molecule has 1 aromatic heterocycles. The van der Waals surface area contributed by atoms with E-state index in [1.54, 1.807) is 12.4 Å². The van der Waals surface area contributed by atoms with Crippen molar-refractivity contribution < 1.29 is 9.13 Å². The molecule has 94 valence electrons. The maximum absolute atomic E-state index is 13.3. The van der Waals surface area contributed by atoms with Gasteiger partial charge in [-0.1, -0.05) is 0 Å². The van der Waals surface area contributed by atoms with Crippen molar-refractivity contribution in [3.05, 3.63) is 59.7 Å². The summed E-state index contributed by atoms with van der Waals surface area (Å²) in [7, 11) is 0. The molecule has 0 saturated carbocycles. The molecule has 0 fully saturated rings. The Morgan fingerprint density at radius 1 is 1.11 bits per heavy atom. The molecule has 18 heavy (non-hydrogen) atoms. The molecular formula is C14H15FN2O. The van der Waals surface area contributed by atoms with Crippen LogP contribution < -0.4 is 10.5 Å². The molecular weight excluding hydrogens is 231 g/mol. The SMILES string of the molecule is NCCc1cc(F)cc(OCc2ccncc2)c1. The molecule has 0 saturated heterocycles. The van der Waals surface area contributed by atoms with Gasteiger partial charge in [0, 0.05) is 18.5 Å². The predicted octanol–water partition coefficient (Wildman–Crippen LogP) is 2.30. The van der Waals surface area contributed by atoms with Crippen molar-refractivity contribution in [1.82, 2.24) is 4.98 Å². The minimum absolute atomic E-state index is 0.300. The van der Waals surface area contributed by atoms with Gasteiger partial charge in [-0.05, 0) is 48.4 Å². The van der Waals surface area contributed by atoms with Gasteiger partial charge in [0.05, 0.1) is 0 Å². The Bertz CT molecular complexity index is 502. The van der Waals surface area contributed by atoms with Crippen LogP contribution in [0.1, 0.15) is 11.1 Å². The van der Waals surface area contributed by atoms with Gasteiger partial charge in [0.2, 0.25) is 0 Å². The van der Waals surface area contributed by atoms with Crippen molar-refractivity contribution in [2.45, 2.75) is 13.0 Å². The number of nitrogens with two attached hydrogens (primary N) is 1. The second-order valence-corrected chi connectivity index (χ2v) is 3.98. The highest BCUT2D eigenvalue weighted by Crippen LogP contribution is 2.18. The van der Waals surface area contributed by atoms with Crippen molar-refractivity contribution in [3.8, 4) is 5.75 Å². The van der Waals surface area contributed by atoms with E-state index < -0.39 is 0 Å². The van der Waals surface area contributed by atoms with E-state index >= 15 is 0 Å². The highest BCUT2D eigenvalue weighted by molar-refractivity contribution is 5.30. The second kappa shape index (κ2) is 6.12. The Labute approximate surface area is 105 Å². The van der Waals surface area contributed by atoms with Gasteiger partial charge in [0.1, 0.15) is 18.2 Å². The normalized spacial score (nSPS) is 10.3. The number of nitrogens with zero attached hydrogens (tertiary/aromatic N) is 1. The number of ether oxygens (including phenoxy) is 1. The first-order valence-corrected chi connectivity index (χ1v) is 5.79. The zero-order chi connectivity index (χ0) is 12.8. The summed E-state index contributed by atoms with van der Waals surface area (Å²) in [6.45, 7) is 0.890. The highest BCUT2D eigenvalue weighted by atomic mass is 19.1. The summed E-state index contributed by atoms with van der Waals surface area (Å²) in [6, 6.07) is 8.39. The van der Waals surface area contributed by atoms with E-state index in [9.17, 15) is 4.39 Å². The molecule has 2 N–H and O–H groups in total. The lowest BCUT2D eigenvalue weighted by Crippen LogP contribution is -2.03. The van der Waals surface area contributed by atoms with Crippen LogP contribution in [0.3, 0.4) is 0 Å². The number of pyridine rings is 1. The molecule has 3 nitrogen and oxygen atoms in total. The van der Waals surface area contributed by atoms with Gasteiger partial charge in [0.25, 0.3) is 0 Å². The summed E-state index contributed by atoms with van der Waals surface area (Å²) in [4.78, 5) is 3.92. The molecule has 2 aromatic rings. The van der Waals surface area contributed by atoms with E-state index in [4.69, 9.17) is 10.5 Å². The van der Waals surface area contributed by atoms with Crippen molar-refractivity contribution in [2.24, 2.45) is 5.73 Å². The molecule has 0 aliphatic rings. The minimum Gasteiger partial charge on any atom is -0.489 e. The second-order valence-electron chi connectivity index (χ2n) is 3.98. The van der Waals surface area contributed by atoms with Gasteiger partial charge < -0.3 is 10.5 Å². The van der Waals surface area contributed by atoms with Crippen LogP contribution in [0, 0.1) is 5.82 Å². The molecule has 0 unspecified atom stereocenters. The lowest BCUT2D eigenvalue weighted by atomic mass is 10.1. The molecule has 2 rings (SSSR count). The Morgan fingerprint density at radius 2 is 1.89 bits per heavy atom. The van der Waals surface area contributed by atoms with E-state index in [2.05, 4.69) is 4.98 Å². The molecule has 0 spiro atoms. The third-order valence-electron chi connectivity index (χ3n) is 2.52. The predicted molar refractivity (Wildman–Crippen MR) is 67.7 cm³/mol. The molecule has 1 heterocycles. The minimum atomic E-state index is -0.300. The molecule has 0 atom stereocenters. The maximum Gasteiger partial charge on any atom is 0.127 e. The molecule has 0 aliphatic heterocycles. The van der Waals surface area contributed by atoms with Crippen molar-refractivity contribution in [1.29, 1.82) is 0 Å². The Morgan fingerprint density at radius 3 is 2.61 bits per heavy atom. The fraction of sp³-hybridized carbons (Fsp3) is 0.214. The van der Waals surface area contributed by atoms with Crippen molar-refractivity contribution >= 4 is 0 Å². The molecule has 4 heteroatoms. The average Bonchev–Trinajstić information content (AvgIpc) is 2.37. The third kappa shape index (κ3) is 3.53. The van der Waals surface area contributed by atoms with Crippen LogP contribution in [0.2, 0.25) is 0 Å².